The van der Waals surface area contributed by atoms with Crippen LogP contribution in [-0.4, -0.2) is 18.0 Å². The minimum absolute atomic E-state index is 0.279. The molecule has 22 heavy (non-hydrogen) atoms. The summed E-state index contributed by atoms with van der Waals surface area (Å²) in [5.74, 6) is -0.697. The number of ether oxygens (including phenoxy) is 1. The highest BCUT2D eigenvalue weighted by atomic mass is 35.5. The molecule has 0 spiro atoms. The Kier molecular flexibility index (Phi) is 5.38. The van der Waals surface area contributed by atoms with Gasteiger partial charge in [-0.05, 0) is 43.3 Å². The highest BCUT2D eigenvalue weighted by Gasteiger charge is 2.17. The lowest BCUT2D eigenvalue weighted by atomic mass is 10.2. The number of benzene rings is 2. The van der Waals surface area contributed by atoms with E-state index in [4.69, 9.17) is 21.2 Å². The lowest BCUT2D eigenvalue weighted by molar-refractivity contribution is -0.136. The molecule has 6 heteroatoms. The molecule has 0 aliphatic carbocycles. The van der Waals surface area contributed by atoms with Gasteiger partial charge in [-0.25, -0.2) is 4.79 Å². The highest BCUT2D eigenvalue weighted by Crippen LogP contribution is 2.11. The molecule has 1 N–H and O–H groups in total. The van der Waals surface area contributed by atoms with Gasteiger partial charge in [0.1, 0.15) is 5.75 Å². The fourth-order valence-corrected chi connectivity index (χ4v) is 1.71. The normalized spacial score (nSPS) is 11.4. The van der Waals surface area contributed by atoms with Crippen molar-refractivity contribution >= 4 is 23.5 Å². The summed E-state index contributed by atoms with van der Waals surface area (Å²) in [5, 5.41) is 0.505. The Hall–Kier alpha value is -2.53. The maximum absolute atomic E-state index is 11.8. The monoisotopic (exact) mass is 319 g/mol. The average molecular weight is 320 g/mol. The second-order valence-electron chi connectivity index (χ2n) is 4.44. The second kappa shape index (κ2) is 7.47. The van der Waals surface area contributed by atoms with E-state index in [1.807, 2.05) is 6.07 Å². The number of amides is 1. The van der Waals surface area contributed by atoms with Gasteiger partial charge >= 0.3 is 5.97 Å². The standard InChI is InChI=1S/C16H14ClNO4/c1-11(21-14-5-3-2-4-6-14)15(19)18-22-16(20)12-7-9-13(17)10-8-12/h2-11H,1H3,(H,18,19). The van der Waals surface area contributed by atoms with Crippen LogP contribution in [0.2, 0.25) is 5.02 Å². The molecule has 0 radical (unpaired) electrons. The molecule has 0 aliphatic heterocycles. The summed E-state index contributed by atoms with van der Waals surface area (Å²) in [6.07, 6.45) is -0.805. The Morgan fingerprint density at radius 2 is 1.68 bits per heavy atom. The number of hydroxylamine groups is 1. The minimum Gasteiger partial charge on any atom is -0.481 e. The van der Waals surface area contributed by atoms with Crippen LogP contribution in [0.15, 0.2) is 54.6 Å². The topological polar surface area (TPSA) is 64.6 Å². The summed E-state index contributed by atoms with van der Waals surface area (Å²) in [5.41, 5.74) is 2.35. The van der Waals surface area contributed by atoms with E-state index in [1.54, 1.807) is 43.3 Å². The van der Waals surface area contributed by atoms with Crippen molar-refractivity contribution in [2.24, 2.45) is 0 Å². The van der Waals surface area contributed by atoms with Gasteiger partial charge in [-0.3, -0.25) is 4.79 Å². The van der Waals surface area contributed by atoms with E-state index in [9.17, 15) is 9.59 Å². The molecule has 1 amide bonds. The first-order valence-corrected chi connectivity index (χ1v) is 6.92. The van der Waals surface area contributed by atoms with Crippen LogP contribution in [0.3, 0.4) is 0 Å². The fraction of sp³-hybridized carbons (Fsp3) is 0.125. The fourth-order valence-electron chi connectivity index (χ4n) is 1.58. The van der Waals surface area contributed by atoms with E-state index in [0.29, 0.717) is 10.8 Å². The number of hydrogen-bond acceptors (Lipinski definition) is 4. The molecule has 114 valence electrons. The Bertz CT molecular complexity index is 643. The van der Waals surface area contributed by atoms with Crippen molar-refractivity contribution in [3.05, 3.63) is 65.2 Å². The molecule has 2 aromatic rings. The zero-order valence-electron chi connectivity index (χ0n) is 11.8. The minimum atomic E-state index is -0.805. The van der Waals surface area contributed by atoms with Crippen LogP contribution in [0.1, 0.15) is 17.3 Å². The van der Waals surface area contributed by atoms with Crippen LogP contribution in [-0.2, 0) is 9.63 Å². The predicted molar refractivity (Wildman–Crippen MR) is 81.5 cm³/mol. The third-order valence-corrected chi connectivity index (χ3v) is 3.00. The molecule has 1 unspecified atom stereocenters. The van der Waals surface area contributed by atoms with Crippen molar-refractivity contribution in [2.75, 3.05) is 0 Å². The zero-order valence-corrected chi connectivity index (χ0v) is 12.5. The Labute approximate surface area is 132 Å². The van der Waals surface area contributed by atoms with Gasteiger partial charge in [-0.1, -0.05) is 29.8 Å². The van der Waals surface area contributed by atoms with Gasteiger partial charge in [0, 0.05) is 5.02 Å². The Morgan fingerprint density at radius 3 is 2.32 bits per heavy atom. The maximum atomic E-state index is 11.8. The van der Waals surface area contributed by atoms with Crippen molar-refractivity contribution in [1.29, 1.82) is 0 Å². The highest BCUT2D eigenvalue weighted by molar-refractivity contribution is 6.30. The van der Waals surface area contributed by atoms with Crippen LogP contribution in [0.4, 0.5) is 0 Å². The molecule has 5 nitrogen and oxygen atoms in total. The van der Waals surface area contributed by atoms with Gasteiger partial charge in [0.15, 0.2) is 6.10 Å². The predicted octanol–water partition coefficient (Wildman–Crippen LogP) is 3.00. The lowest BCUT2D eigenvalue weighted by Crippen LogP contribution is -2.37. The van der Waals surface area contributed by atoms with E-state index in [2.05, 4.69) is 5.48 Å². The van der Waals surface area contributed by atoms with Crippen molar-refractivity contribution in [3.63, 3.8) is 0 Å². The number of rotatable bonds is 4. The number of hydrogen-bond donors (Lipinski definition) is 1. The summed E-state index contributed by atoms with van der Waals surface area (Å²) >= 11 is 5.72. The van der Waals surface area contributed by atoms with Gasteiger partial charge in [0.25, 0.3) is 5.91 Å². The average Bonchev–Trinajstić information content (AvgIpc) is 2.53. The van der Waals surface area contributed by atoms with E-state index >= 15 is 0 Å². The molecule has 0 heterocycles. The van der Waals surface area contributed by atoms with E-state index in [-0.39, 0.29) is 5.56 Å². The lowest BCUT2D eigenvalue weighted by Gasteiger charge is -2.14. The molecule has 1 atom stereocenters. The van der Waals surface area contributed by atoms with Crippen LogP contribution < -0.4 is 10.2 Å². The van der Waals surface area contributed by atoms with Gasteiger partial charge in [0.05, 0.1) is 5.56 Å². The molecule has 0 saturated heterocycles. The Balaban J connectivity index is 1.84. The van der Waals surface area contributed by atoms with E-state index in [1.165, 1.54) is 12.1 Å². The summed E-state index contributed by atoms with van der Waals surface area (Å²) < 4.78 is 5.41. The van der Waals surface area contributed by atoms with Crippen molar-refractivity contribution in [3.8, 4) is 5.75 Å². The van der Waals surface area contributed by atoms with Crippen LogP contribution >= 0.6 is 11.6 Å². The SMILES string of the molecule is CC(Oc1ccccc1)C(=O)NOC(=O)c1ccc(Cl)cc1. The molecule has 0 saturated carbocycles. The van der Waals surface area contributed by atoms with Crippen molar-refractivity contribution in [1.82, 2.24) is 5.48 Å². The molecular weight excluding hydrogens is 306 g/mol. The second-order valence-corrected chi connectivity index (χ2v) is 4.87. The number of nitrogens with one attached hydrogen (secondary N) is 1. The van der Waals surface area contributed by atoms with Gasteiger partial charge < -0.3 is 9.57 Å². The van der Waals surface area contributed by atoms with Crippen LogP contribution in [0.25, 0.3) is 0 Å². The third kappa shape index (κ3) is 4.49. The van der Waals surface area contributed by atoms with E-state index < -0.39 is 18.0 Å². The Morgan fingerprint density at radius 1 is 1.05 bits per heavy atom. The van der Waals surface area contributed by atoms with Gasteiger partial charge in [0.2, 0.25) is 0 Å². The molecule has 0 aromatic heterocycles. The molecule has 0 bridgehead atoms. The molecule has 2 rings (SSSR count). The first-order chi connectivity index (χ1) is 10.6. The number of carbonyl (C=O) groups is 2. The van der Waals surface area contributed by atoms with Crippen LogP contribution in [0.5, 0.6) is 5.75 Å². The zero-order chi connectivity index (χ0) is 15.9. The first-order valence-electron chi connectivity index (χ1n) is 6.54. The van der Waals surface area contributed by atoms with Gasteiger partial charge in [-0.2, -0.15) is 5.48 Å². The van der Waals surface area contributed by atoms with Crippen molar-refractivity contribution < 1.29 is 19.2 Å². The smallest absolute Gasteiger partial charge is 0.362 e. The molecule has 2 aromatic carbocycles. The van der Waals surface area contributed by atoms with Crippen LogP contribution in [0, 0.1) is 0 Å². The quantitative estimate of drug-likeness (QED) is 0.880. The summed E-state index contributed by atoms with van der Waals surface area (Å²) in [6, 6.07) is 15.0. The van der Waals surface area contributed by atoms with Gasteiger partial charge in [-0.15, -0.1) is 0 Å². The third-order valence-electron chi connectivity index (χ3n) is 2.75. The number of para-hydroxylation sites is 1. The molecular formula is C16H14ClNO4. The summed E-state index contributed by atoms with van der Waals surface area (Å²) in [7, 11) is 0. The largest absolute Gasteiger partial charge is 0.481 e. The summed E-state index contributed by atoms with van der Waals surface area (Å²) in [6.45, 7) is 1.55. The van der Waals surface area contributed by atoms with Crippen molar-refractivity contribution in [2.45, 2.75) is 13.0 Å². The molecule has 0 fully saturated rings. The molecule has 0 aliphatic rings. The maximum Gasteiger partial charge on any atom is 0.362 e. The number of halogens is 1. The summed E-state index contributed by atoms with van der Waals surface area (Å²) in [4.78, 5) is 28.3. The first kappa shape index (κ1) is 15.9. The van der Waals surface area contributed by atoms with E-state index in [0.717, 1.165) is 0 Å². The number of carbonyl (C=O) groups excluding carboxylic acids is 2.